The van der Waals surface area contributed by atoms with Crippen molar-refractivity contribution >= 4 is 24.4 Å². The van der Waals surface area contributed by atoms with Gasteiger partial charge >= 0.3 is 5.97 Å². The van der Waals surface area contributed by atoms with Crippen LogP contribution in [-0.4, -0.2) is 25.2 Å². The maximum Gasteiger partial charge on any atom is 0.312 e. The number of azide groups is 1. The molecule has 2 rings (SSSR count). The Labute approximate surface area is 129 Å². The van der Waals surface area contributed by atoms with E-state index in [0.29, 0.717) is 6.04 Å². The smallest absolute Gasteiger partial charge is 0.312 e. The van der Waals surface area contributed by atoms with E-state index >= 15 is 0 Å². The van der Waals surface area contributed by atoms with Gasteiger partial charge in [0.15, 0.2) is 0 Å². The minimum atomic E-state index is -2.31. The standard InChI is InChI=1S/C16H17N3O2Si/c1-22(13-8-4-2-5-9-13,14-10-6-3-7-11-14)12-15(16(20)21)18-19-17/h2-11,15H,12H2,1H3,(H,20,21)/t15-/m0/s1. The molecule has 22 heavy (non-hydrogen) atoms. The molecule has 0 aliphatic carbocycles. The van der Waals surface area contributed by atoms with Crippen LogP contribution in [-0.2, 0) is 4.79 Å². The van der Waals surface area contributed by atoms with Crippen molar-refractivity contribution in [1.82, 2.24) is 0 Å². The summed E-state index contributed by atoms with van der Waals surface area (Å²) in [4.78, 5) is 14.1. The van der Waals surface area contributed by atoms with Crippen molar-refractivity contribution in [3.05, 3.63) is 71.1 Å². The molecule has 0 saturated heterocycles. The van der Waals surface area contributed by atoms with E-state index in [2.05, 4.69) is 16.6 Å². The van der Waals surface area contributed by atoms with Gasteiger partial charge in [0.2, 0.25) is 0 Å². The molecule has 2 aromatic rings. The summed E-state index contributed by atoms with van der Waals surface area (Å²) in [5.41, 5.74) is 8.63. The Bertz CT molecular complexity index is 644. The fourth-order valence-electron chi connectivity index (χ4n) is 2.64. The number of nitrogens with zero attached hydrogens (tertiary/aromatic N) is 3. The van der Waals surface area contributed by atoms with Crippen molar-refractivity contribution < 1.29 is 9.90 Å². The lowest BCUT2D eigenvalue weighted by Gasteiger charge is -2.30. The van der Waals surface area contributed by atoms with Gasteiger partial charge in [-0.1, -0.05) is 82.7 Å². The molecule has 112 valence electrons. The molecule has 0 radical (unpaired) electrons. The predicted octanol–water partition coefficient (Wildman–Crippen LogP) is 2.64. The van der Waals surface area contributed by atoms with Crippen LogP contribution in [0.1, 0.15) is 0 Å². The van der Waals surface area contributed by atoms with Gasteiger partial charge in [-0.25, -0.2) is 0 Å². The van der Waals surface area contributed by atoms with E-state index in [1.807, 2.05) is 60.7 Å². The van der Waals surface area contributed by atoms with Crippen LogP contribution in [0.5, 0.6) is 0 Å². The first-order chi connectivity index (χ1) is 10.6. The highest BCUT2D eigenvalue weighted by molar-refractivity contribution is 7.01. The van der Waals surface area contributed by atoms with Crippen molar-refractivity contribution in [2.24, 2.45) is 5.11 Å². The number of carboxylic acid groups (broad SMARTS) is 1. The van der Waals surface area contributed by atoms with Crippen LogP contribution in [0.3, 0.4) is 0 Å². The van der Waals surface area contributed by atoms with Crippen LogP contribution in [0.4, 0.5) is 0 Å². The molecule has 0 fully saturated rings. The highest BCUT2D eigenvalue weighted by Crippen LogP contribution is 2.16. The second-order valence-electron chi connectivity index (χ2n) is 5.33. The van der Waals surface area contributed by atoms with Crippen LogP contribution < -0.4 is 10.4 Å². The molecule has 1 N–H and O–H groups in total. The average Bonchev–Trinajstić information content (AvgIpc) is 2.56. The third kappa shape index (κ3) is 3.36. The Morgan fingerprint density at radius 3 is 1.95 bits per heavy atom. The second kappa shape index (κ2) is 6.93. The molecule has 0 saturated carbocycles. The molecular weight excluding hydrogens is 294 g/mol. The van der Waals surface area contributed by atoms with Gasteiger partial charge in [0.1, 0.15) is 14.1 Å². The highest BCUT2D eigenvalue weighted by atomic mass is 28.3. The molecular formula is C16H17N3O2Si. The van der Waals surface area contributed by atoms with E-state index in [1.165, 1.54) is 0 Å². The van der Waals surface area contributed by atoms with Crippen LogP contribution >= 0.6 is 0 Å². The van der Waals surface area contributed by atoms with E-state index in [9.17, 15) is 9.90 Å². The second-order valence-corrected chi connectivity index (χ2v) is 9.55. The zero-order valence-electron chi connectivity index (χ0n) is 12.3. The molecule has 1 atom stereocenters. The van der Waals surface area contributed by atoms with Crippen LogP contribution in [0, 0.1) is 0 Å². The monoisotopic (exact) mass is 311 g/mol. The molecule has 0 bridgehead atoms. The number of hydrogen-bond acceptors (Lipinski definition) is 2. The van der Waals surface area contributed by atoms with Gasteiger partial charge in [0, 0.05) is 4.91 Å². The fraction of sp³-hybridized carbons (Fsp3) is 0.188. The van der Waals surface area contributed by atoms with Crippen molar-refractivity contribution in [1.29, 1.82) is 0 Å². The van der Waals surface area contributed by atoms with E-state index in [0.717, 1.165) is 10.4 Å². The Kier molecular flexibility index (Phi) is 4.98. The Morgan fingerprint density at radius 2 is 1.59 bits per heavy atom. The fourth-order valence-corrected chi connectivity index (χ4v) is 6.33. The minimum absolute atomic E-state index is 0.334. The molecule has 0 aliphatic heterocycles. The molecule has 0 spiro atoms. The Morgan fingerprint density at radius 1 is 1.14 bits per heavy atom. The van der Waals surface area contributed by atoms with Gasteiger partial charge < -0.3 is 5.11 Å². The summed E-state index contributed by atoms with van der Waals surface area (Å²) in [6.45, 7) is 2.11. The van der Waals surface area contributed by atoms with Crippen molar-refractivity contribution in [2.75, 3.05) is 0 Å². The summed E-state index contributed by atoms with van der Waals surface area (Å²) in [6.07, 6.45) is 0. The van der Waals surface area contributed by atoms with E-state index in [4.69, 9.17) is 5.53 Å². The number of carboxylic acids is 1. The summed E-state index contributed by atoms with van der Waals surface area (Å²) in [7, 11) is -2.31. The molecule has 0 unspecified atom stereocenters. The highest BCUT2D eigenvalue weighted by Gasteiger charge is 2.36. The first-order valence-electron chi connectivity index (χ1n) is 6.96. The number of carbonyl (C=O) groups is 1. The lowest BCUT2D eigenvalue weighted by Crippen LogP contribution is -2.57. The Balaban J connectivity index is 2.51. The van der Waals surface area contributed by atoms with Gasteiger partial charge in [-0.15, -0.1) is 0 Å². The first-order valence-corrected chi connectivity index (χ1v) is 9.66. The SMILES string of the molecule is C[Si](C[C@H](N=[N+]=[N-])C(=O)O)(c1ccccc1)c1ccccc1. The van der Waals surface area contributed by atoms with Crippen LogP contribution in [0.2, 0.25) is 12.6 Å². The number of hydrogen-bond donors (Lipinski definition) is 1. The van der Waals surface area contributed by atoms with E-state index < -0.39 is 20.1 Å². The lowest BCUT2D eigenvalue weighted by molar-refractivity contribution is -0.138. The van der Waals surface area contributed by atoms with Gasteiger partial charge in [0.25, 0.3) is 0 Å². The normalized spacial score (nSPS) is 12.2. The van der Waals surface area contributed by atoms with Gasteiger partial charge in [-0.2, -0.15) is 0 Å². The largest absolute Gasteiger partial charge is 0.481 e. The topological polar surface area (TPSA) is 86.1 Å². The zero-order chi connectivity index (χ0) is 16.0. The summed E-state index contributed by atoms with van der Waals surface area (Å²) in [5.74, 6) is -1.08. The summed E-state index contributed by atoms with van der Waals surface area (Å²) >= 11 is 0. The summed E-state index contributed by atoms with van der Waals surface area (Å²) < 4.78 is 0. The lowest BCUT2D eigenvalue weighted by atomic mass is 10.3. The number of rotatable bonds is 6. The number of benzene rings is 2. The maximum atomic E-state index is 11.4. The quantitative estimate of drug-likeness (QED) is 0.385. The first kappa shape index (κ1) is 15.8. The molecule has 6 heteroatoms. The van der Waals surface area contributed by atoms with Crippen molar-refractivity contribution in [3.63, 3.8) is 0 Å². The molecule has 0 amide bonds. The van der Waals surface area contributed by atoms with Crippen molar-refractivity contribution in [2.45, 2.75) is 18.6 Å². The summed E-state index contributed by atoms with van der Waals surface area (Å²) in [6, 6.07) is 19.0. The maximum absolute atomic E-state index is 11.4. The van der Waals surface area contributed by atoms with Crippen LogP contribution in [0.15, 0.2) is 65.8 Å². The minimum Gasteiger partial charge on any atom is -0.481 e. The summed E-state index contributed by atoms with van der Waals surface area (Å²) in [5, 5.41) is 15.0. The third-order valence-electron chi connectivity index (χ3n) is 3.90. The van der Waals surface area contributed by atoms with E-state index in [1.54, 1.807) is 0 Å². The molecule has 0 aromatic heterocycles. The van der Waals surface area contributed by atoms with E-state index in [-0.39, 0.29) is 0 Å². The van der Waals surface area contributed by atoms with Gasteiger partial charge in [0.05, 0.1) is 0 Å². The molecule has 5 nitrogen and oxygen atoms in total. The number of aliphatic carboxylic acids is 1. The molecule has 0 aliphatic rings. The molecule has 0 heterocycles. The molecule has 2 aromatic carbocycles. The Hall–Kier alpha value is -2.56. The van der Waals surface area contributed by atoms with Gasteiger partial charge in [-0.05, 0) is 11.6 Å². The van der Waals surface area contributed by atoms with Crippen LogP contribution in [0.25, 0.3) is 10.4 Å². The van der Waals surface area contributed by atoms with Crippen molar-refractivity contribution in [3.8, 4) is 0 Å². The third-order valence-corrected chi connectivity index (χ3v) is 8.32. The van der Waals surface area contributed by atoms with Gasteiger partial charge in [-0.3, -0.25) is 4.79 Å². The predicted molar refractivity (Wildman–Crippen MR) is 89.1 cm³/mol. The zero-order valence-corrected chi connectivity index (χ0v) is 13.3. The average molecular weight is 311 g/mol.